The van der Waals surface area contributed by atoms with Crippen molar-refractivity contribution in [2.75, 3.05) is 6.61 Å². The first kappa shape index (κ1) is 13.1. The van der Waals surface area contributed by atoms with Gasteiger partial charge in [-0.15, -0.1) is 0 Å². The Morgan fingerprint density at radius 3 is 2.50 bits per heavy atom. The average Bonchev–Trinajstić information content (AvgIpc) is 2.39. The molecule has 1 N–H and O–H groups in total. The summed E-state index contributed by atoms with van der Waals surface area (Å²) in [5.74, 6) is 0. The second kappa shape index (κ2) is 5.53. The van der Waals surface area contributed by atoms with Crippen LogP contribution in [-0.2, 0) is 6.42 Å². The third-order valence-electron chi connectivity index (χ3n) is 3.73. The van der Waals surface area contributed by atoms with Crippen molar-refractivity contribution in [3.8, 4) is 0 Å². The fourth-order valence-electron chi connectivity index (χ4n) is 2.73. The lowest BCUT2D eigenvalue weighted by Gasteiger charge is -2.27. The van der Waals surface area contributed by atoms with E-state index in [0.717, 1.165) is 19.3 Å². The smallest absolute Gasteiger partial charge is 0.0487 e. The van der Waals surface area contributed by atoms with Crippen molar-refractivity contribution in [2.45, 2.75) is 33.1 Å². The molecule has 0 bridgehead atoms. The molecule has 2 rings (SSSR count). The Bertz CT molecular complexity index is 513. The van der Waals surface area contributed by atoms with Gasteiger partial charge in [0.25, 0.3) is 0 Å². The number of rotatable bonds is 5. The summed E-state index contributed by atoms with van der Waals surface area (Å²) in [5, 5.41) is 12.2. The maximum Gasteiger partial charge on any atom is 0.0487 e. The number of hydrogen-bond donors (Lipinski definition) is 1. The first-order valence-electron chi connectivity index (χ1n) is 6.76. The number of fused-ring (bicyclic) bond motifs is 1. The lowest BCUT2D eigenvalue weighted by molar-refractivity contribution is 0.132. The first-order chi connectivity index (χ1) is 8.68. The molecule has 0 amide bonds. The SMILES string of the molecule is CCCC(C)(CO)Cc1cccc2ccccc12. The molecule has 18 heavy (non-hydrogen) atoms. The molecule has 2 aromatic rings. The molecule has 1 nitrogen and oxygen atoms in total. The Morgan fingerprint density at radius 1 is 1.06 bits per heavy atom. The molecule has 0 saturated carbocycles. The highest BCUT2D eigenvalue weighted by atomic mass is 16.3. The van der Waals surface area contributed by atoms with Gasteiger partial charge >= 0.3 is 0 Å². The van der Waals surface area contributed by atoms with Crippen LogP contribution in [0.4, 0.5) is 0 Å². The van der Waals surface area contributed by atoms with Gasteiger partial charge in [0.1, 0.15) is 0 Å². The van der Waals surface area contributed by atoms with Gasteiger partial charge in [-0.05, 0) is 34.6 Å². The molecule has 0 saturated heterocycles. The Kier molecular flexibility index (Phi) is 4.03. The highest BCUT2D eigenvalue weighted by Gasteiger charge is 2.23. The molecule has 0 spiro atoms. The molecule has 0 radical (unpaired) electrons. The first-order valence-corrected chi connectivity index (χ1v) is 6.76. The lowest BCUT2D eigenvalue weighted by Crippen LogP contribution is -2.24. The minimum atomic E-state index is -0.00112. The van der Waals surface area contributed by atoms with Gasteiger partial charge in [-0.25, -0.2) is 0 Å². The summed E-state index contributed by atoms with van der Waals surface area (Å²) < 4.78 is 0. The Labute approximate surface area is 109 Å². The largest absolute Gasteiger partial charge is 0.396 e. The summed E-state index contributed by atoms with van der Waals surface area (Å²) in [6.07, 6.45) is 3.12. The zero-order valence-corrected chi connectivity index (χ0v) is 11.3. The highest BCUT2D eigenvalue weighted by Crippen LogP contribution is 2.30. The summed E-state index contributed by atoms with van der Waals surface area (Å²) in [6.45, 7) is 4.61. The van der Waals surface area contributed by atoms with Gasteiger partial charge in [0, 0.05) is 6.61 Å². The third-order valence-corrected chi connectivity index (χ3v) is 3.73. The molecule has 1 atom stereocenters. The van der Waals surface area contributed by atoms with Crippen LogP contribution in [0.25, 0.3) is 10.8 Å². The fourth-order valence-corrected chi connectivity index (χ4v) is 2.73. The van der Waals surface area contributed by atoms with Crippen molar-refractivity contribution < 1.29 is 5.11 Å². The van der Waals surface area contributed by atoms with Crippen molar-refractivity contribution in [1.29, 1.82) is 0 Å². The molecular weight excluding hydrogens is 220 g/mol. The molecular formula is C17H22O. The quantitative estimate of drug-likeness (QED) is 0.834. The predicted octanol–water partition coefficient (Wildman–Crippen LogP) is 4.18. The number of aliphatic hydroxyl groups excluding tert-OH is 1. The lowest BCUT2D eigenvalue weighted by atomic mass is 9.79. The molecule has 0 aliphatic rings. The topological polar surface area (TPSA) is 20.2 Å². The molecule has 0 fully saturated rings. The summed E-state index contributed by atoms with van der Waals surface area (Å²) in [4.78, 5) is 0. The third kappa shape index (κ3) is 2.73. The van der Waals surface area contributed by atoms with Crippen LogP contribution in [0.5, 0.6) is 0 Å². The second-order valence-electron chi connectivity index (χ2n) is 5.53. The zero-order chi connectivity index (χ0) is 13.0. The van der Waals surface area contributed by atoms with Crippen molar-refractivity contribution in [3.63, 3.8) is 0 Å². The highest BCUT2D eigenvalue weighted by molar-refractivity contribution is 5.85. The van der Waals surface area contributed by atoms with E-state index in [4.69, 9.17) is 0 Å². The zero-order valence-electron chi connectivity index (χ0n) is 11.3. The van der Waals surface area contributed by atoms with Gasteiger partial charge < -0.3 is 5.11 Å². The van der Waals surface area contributed by atoms with Crippen LogP contribution < -0.4 is 0 Å². The van der Waals surface area contributed by atoms with Crippen LogP contribution >= 0.6 is 0 Å². The maximum atomic E-state index is 9.65. The summed E-state index contributed by atoms with van der Waals surface area (Å²) in [5.41, 5.74) is 1.34. The minimum Gasteiger partial charge on any atom is -0.396 e. The molecule has 0 aliphatic heterocycles. The molecule has 0 heterocycles. The van der Waals surface area contributed by atoms with Gasteiger partial charge in [0.05, 0.1) is 0 Å². The Balaban J connectivity index is 2.36. The summed E-state index contributed by atoms with van der Waals surface area (Å²) in [6, 6.07) is 14.9. The average molecular weight is 242 g/mol. The molecule has 96 valence electrons. The van der Waals surface area contributed by atoms with Crippen LogP contribution in [0.3, 0.4) is 0 Å². The van der Waals surface area contributed by atoms with E-state index in [9.17, 15) is 5.11 Å². The van der Waals surface area contributed by atoms with Gasteiger partial charge in [-0.2, -0.15) is 0 Å². The number of hydrogen-bond acceptors (Lipinski definition) is 1. The molecule has 1 unspecified atom stereocenters. The second-order valence-corrected chi connectivity index (χ2v) is 5.53. The van der Waals surface area contributed by atoms with Crippen LogP contribution in [0, 0.1) is 5.41 Å². The van der Waals surface area contributed by atoms with E-state index in [1.807, 2.05) is 0 Å². The van der Waals surface area contributed by atoms with Crippen molar-refractivity contribution in [3.05, 3.63) is 48.0 Å². The van der Waals surface area contributed by atoms with Crippen LogP contribution in [0.1, 0.15) is 32.3 Å². The van der Waals surface area contributed by atoms with E-state index in [0.29, 0.717) is 0 Å². The molecule has 2 aromatic carbocycles. The molecule has 0 aliphatic carbocycles. The molecule has 0 aromatic heterocycles. The minimum absolute atomic E-state index is 0.00112. The van der Waals surface area contributed by atoms with Gasteiger partial charge in [0.2, 0.25) is 0 Å². The standard InChI is InChI=1S/C17H22O/c1-3-11-17(2,13-18)12-15-9-6-8-14-7-4-5-10-16(14)15/h4-10,18H,3,11-13H2,1-2H3. The monoisotopic (exact) mass is 242 g/mol. The van der Waals surface area contributed by atoms with Crippen molar-refractivity contribution in [1.82, 2.24) is 0 Å². The number of aliphatic hydroxyl groups is 1. The van der Waals surface area contributed by atoms with E-state index < -0.39 is 0 Å². The molecule has 1 heteroatoms. The van der Waals surface area contributed by atoms with E-state index in [1.54, 1.807) is 0 Å². The maximum absolute atomic E-state index is 9.65. The van der Waals surface area contributed by atoms with Gasteiger partial charge in [-0.1, -0.05) is 62.7 Å². The van der Waals surface area contributed by atoms with Crippen LogP contribution in [0.15, 0.2) is 42.5 Å². The Hall–Kier alpha value is -1.34. The van der Waals surface area contributed by atoms with E-state index in [2.05, 4.69) is 56.3 Å². The number of benzene rings is 2. The van der Waals surface area contributed by atoms with Crippen LogP contribution in [0.2, 0.25) is 0 Å². The van der Waals surface area contributed by atoms with E-state index in [1.165, 1.54) is 16.3 Å². The summed E-state index contributed by atoms with van der Waals surface area (Å²) >= 11 is 0. The van der Waals surface area contributed by atoms with E-state index in [-0.39, 0.29) is 12.0 Å². The normalized spacial score (nSPS) is 14.6. The van der Waals surface area contributed by atoms with Gasteiger partial charge in [0.15, 0.2) is 0 Å². The predicted molar refractivity (Wildman–Crippen MR) is 77.8 cm³/mol. The fraction of sp³-hybridized carbons (Fsp3) is 0.412. The van der Waals surface area contributed by atoms with Crippen LogP contribution in [-0.4, -0.2) is 11.7 Å². The van der Waals surface area contributed by atoms with Crippen molar-refractivity contribution >= 4 is 10.8 Å². The summed E-state index contributed by atoms with van der Waals surface area (Å²) in [7, 11) is 0. The van der Waals surface area contributed by atoms with Gasteiger partial charge in [-0.3, -0.25) is 0 Å². The van der Waals surface area contributed by atoms with E-state index >= 15 is 0 Å². The van der Waals surface area contributed by atoms with Crippen molar-refractivity contribution in [2.24, 2.45) is 5.41 Å². The Morgan fingerprint density at radius 2 is 1.78 bits per heavy atom.